The fourth-order valence-corrected chi connectivity index (χ4v) is 2.58. The van der Waals surface area contributed by atoms with E-state index in [-0.39, 0.29) is 6.54 Å². The second-order valence-corrected chi connectivity index (χ2v) is 5.01. The van der Waals surface area contributed by atoms with Gasteiger partial charge in [0.05, 0.1) is 13.7 Å². The largest absolute Gasteiger partial charge is 0.467 e. The molecule has 0 aromatic rings. The smallest absolute Gasteiger partial charge is 0.341 e. The summed E-state index contributed by atoms with van der Waals surface area (Å²) in [4.78, 5) is 14.7. The molecule has 4 atom stereocenters. The molecule has 9 heteroatoms. The van der Waals surface area contributed by atoms with Gasteiger partial charge in [-0.15, -0.1) is 0 Å². The van der Waals surface area contributed by atoms with Crippen molar-refractivity contribution in [3.8, 4) is 0 Å². The van der Waals surface area contributed by atoms with Crippen molar-refractivity contribution < 1.29 is 28.5 Å². The first kappa shape index (κ1) is 15.0. The zero-order valence-corrected chi connectivity index (χ0v) is 11.7. The minimum absolute atomic E-state index is 0.269. The van der Waals surface area contributed by atoms with Crippen LogP contribution in [-0.4, -0.2) is 56.6 Å². The normalized spacial score (nSPS) is 38.1. The predicted molar refractivity (Wildman–Crippen MR) is 64.5 cm³/mol. The number of methoxy groups -OCH3 is 2. The van der Waals surface area contributed by atoms with Crippen molar-refractivity contribution in [3.63, 3.8) is 0 Å². The Morgan fingerprint density at radius 1 is 1.35 bits per heavy atom. The second-order valence-electron chi connectivity index (χ2n) is 5.01. The van der Waals surface area contributed by atoms with Crippen LogP contribution in [0, 0.1) is 0 Å². The zero-order chi connectivity index (χ0) is 15.0. The molecule has 0 saturated carbocycles. The van der Waals surface area contributed by atoms with Gasteiger partial charge in [-0.1, -0.05) is 5.11 Å². The van der Waals surface area contributed by atoms with E-state index in [4.69, 9.17) is 29.2 Å². The van der Waals surface area contributed by atoms with E-state index in [2.05, 4.69) is 10.0 Å². The van der Waals surface area contributed by atoms with Crippen molar-refractivity contribution >= 4 is 5.97 Å². The van der Waals surface area contributed by atoms with Crippen molar-refractivity contribution in [2.75, 3.05) is 20.8 Å². The summed E-state index contributed by atoms with van der Waals surface area (Å²) in [6, 6.07) is 0. The average molecular weight is 287 g/mol. The first-order chi connectivity index (χ1) is 9.40. The number of nitrogens with zero attached hydrogens (tertiary/aromatic N) is 3. The van der Waals surface area contributed by atoms with Gasteiger partial charge in [0.15, 0.2) is 12.1 Å². The van der Waals surface area contributed by atoms with E-state index in [9.17, 15) is 4.79 Å². The lowest BCUT2D eigenvalue weighted by molar-refractivity contribution is -0.243. The van der Waals surface area contributed by atoms with E-state index < -0.39 is 35.9 Å². The fraction of sp³-hybridized carbons (Fsp3) is 0.909. The van der Waals surface area contributed by atoms with Crippen LogP contribution >= 0.6 is 0 Å². The molecule has 0 aromatic carbocycles. The first-order valence-corrected chi connectivity index (χ1v) is 6.06. The van der Waals surface area contributed by atoms with Crippen LogP contribution in [0.25, 0.3) is 10.4 Å². The summed E-state index contributed by atoms with van der Waals surface area (Å²) in [6.07, 6.45) is -2.20. The van der Waals surface area contributed by atoms with Crippen LogP contribution in [0.2, 0.25) is 0 Å². The topological polar surface area (TPSA) is 112 Å². The third-order valence-corrected chi connectivity index (χ3v) is 3.33. The summed E-state index contributed by atoms with van der Waals surface area (Å²) in [5.74, 6) is -1.54. The molecule has 2 fully saturated rings. The Balaban J connectivity index is 2.34. The molecule has 0 N–H and O–H groups in total. The molecule has 0 radical (unpaired) electrons. The average Bonchev–Trinajstić information content (AvgIpc) is 2.84. The van der Waals surface area contributed by atoms with Crippen molar-refractivity contribution in [1.29, 1.82) is 0 Å². The number of hydrogen-bond donors (Lipinski definition) is 0. The standard InChI is InChI=1S/C11H17N3O6/c1-10(2)18-6-7(16-3)11(5-13-14-12,9(15)17-4)20-8(6)19-10/h6-8H,5H2,1-4H3/t6-,7-,8+,11+/m1/s1. The zero-order valence-electron chi connectivity index (χ0n) is 11.7. The Labute approximate surface area is 115 Å². The maximum Gasteiger partial charge on any atom is 0.341 e. The van der Waals surface area contributed by atoms with E-state index in [1.807, 2.05) is 0 Å². The molecule has 9 nitrogen and oxygen atoms in total. The summed E-state index contributed by atoms with van der Waals surface area (Å²) in [6.45, 7) is 3.19. The molecule has 0 aliphatic carbocycles. The molecule has 2 heterocycles. The number of esters is 1. The van der Waals surface area contributed by atoms with Gasteiger partial charge in [0.2, 0.25) is 5.60 Å². The van der Waals surface area contributed by atoms with Crippen LogP contribution in [0.15, 0.2) is 5.11 Å². The highest BCUT2D eigenvalue weighted by molar-refractivity contribution is 5.81. The molecule has 0 unspecified atom stereocenters. The fourth-order valence-electron chi connectivity index (χ4n) is 2.58. The van der Waals surface area contributed by atoms with Gasteiger partial charge in [-0.05, 0) is 19.4 Å². The van der Waals surface area contributed by atoms with Crippen molar-refractivity contribution in [2.24, 2.45) is 5.11 Å². The summed E-state index contributed by atoms with van der Waals surface area (Å²) < 4.78 is 27.0. The Kier molecular flexibility index (Phi) is 3.90. The van der Waals surface area contributed by atoms with E-state index in [1.54, 1.807) is 13.8 Å². The summed E-state index contributed by atoms with van der Waals surface area (Å²) in [5.41, 5.74) is 6.92. The maximum absolute atomic E-state index is 12.1. The molecular formula is C11H17N3O6. The number of carbonyl (C=O) groups is 1. The predicted octanol–water partition coefficient (Wildman–Crippen LogP) is 0.731. The number of rotatable bonds is 4. The number of azide groups is 1. The van der Waals surface area contributed by atoms with E-state index >= 15 is 0 Å². The van der Waals surface area contributed by atoms with Gasteiger partial charge in [0.25, 0.3) is 0 Å². The van der Waals surface area contributed by atoms with Gasteiger partial charge in [-0.3, -0.25) is 0 Å². The van der Waals surface area contributed by atoms with Gasteiger partial charge in [-0.2, -0.15) is 0 Å². The third-order valence-electron chi connectivity index (χ3n) is 3.33. The lowest BCUT2D eigenvalue weighted by Gasteiger charge is -2.32. The van der Waals surface area contributed by atoms with Crippen molar-refractivity contribution in [2.45, 2.75) is 43.7 Å². The highest BCUT2D eigenvalue weighted by Gasteiger charge is 2.66. The van der Waals surface area contributed by atoms with Gasteiger partial charge in [0, 0.05) is 12.0 Å². The monoisotopic (exact) mass is 287 g/mol. The minimum atomic E-state index is -1.57. The van der Waals surface area contributed by atoms with Crippen LogP contribution in [0.4, 0.5) is 0 Å². The van der Waals surface area contributed by atoms with Crippen molar-refractivity contribution in [1.82, 2.24) is 0 Å². The van der Waals surface area contributed by atoms with Crippen molar-refractivity contribution in [3.05, 3.63) is 10.4 Å². The van der Waals surface area contributed by atoms with Crippen LogP contribution in [0.5, 0.6) is 0 Å². The number of hydrogen-bond acceptors (Lipinski definition) is 7. The Hall–Kier alpha value is -1.38. The quantitative estimate of drug-likeness (QED) is 0.326. The Bertz CT molecular complexity index is 449. The Morgan fingerprint density at radius 2 is 2.05 bits per heavy atom. The van der Waals surface area contributed by atoms with Crippen LogP contribution in [0.3, 0.4) is 0 Å². The summed E-state index contributed by atoms with van der Waals surface area (Å²) >= 11 is 0. The minimum Gasteiger partial charge on any atom is -0.467 e. The van der Waals surface area contributed by atoms with Gasteiger partial charge in [0.1, 0.15) is 12.2 Å². The highest BCUT2D eigenvalue weighted by atomic mass is 16.8. The second kappa shape index (κ2) is 5.19. The van der Waals surface area contributed by atoms with Crippen LogP contribution in [-0.2, 0) is 28.5 Å². The molecule has 20 heavy (non-hydrogen) atoms. The van der Waals surface area contributed by atoms with Gasteiger partial charge >= 0.3 is 5.97 Å². The lowest BCUT2D eigenvalue weighted by atomic mass is 9.95. The molecule has 0 aromatic heterocycles. The van der Waals surface area contributed by atoms with Crippen LogP contribution < -0.4 is 0 Å². The molecule has 112 valence electrons. The lowest BCUT2D eigenvalue weighted by Crippen LogP contribution is -2.54. The maximum atomic E-state index is 12.1. The summed E-state index contributed by atoms with van der Waals surface area (Å²) in [7, 11) is 2.63. The van der Waals surface area contributed by atoms with E-state index in [1.165, 1.54) is 14.2 Å². The number of carbonyl (C=O) groups excluding carboxylic acids is 1. The highest BCUT2D eigenvalue weighted by Crippen LogP contribution is 2.44. The molecule has 0 bridgehead atoms. The molecule has 2 rings (SSSR count). The molecule has 2 aliphatic rings. The third kappa shape index (κ3) is 2.23. The van der Waals surface area contributed by atoms with E-state index in [0.29, 0.717) is 0 Å². The molecule has 2 aliphatic heterocycles. The van der Waals surface area contributed by atoms with Crippen LogP contribution in [0.1, 0.15) is 13.8 Å². The molecular weight excluding hydrogens is 270 g/mol. The number of fused-ring (bicyclic) bond motifs is 1. The Morgan fingerprint density at radius 3 is 2.60 bits per heavy atom. The summed E-state index contributed by atoms with van der Waals surface area (Å²) in [5, 5.41) is 3.42. The molecule has 0 spiro atoms. The SMILES string of the molecule is COC(=O)[C@@]1(CN=[N+]=[N-])O[C@@H]2OC(C)(C)O[C@@H]2[C@H]1OC. The van der Waals surface area contributed by atoms with E-state index in [0.717, 1.165) is 0 Å². The van der Waals surface area contributed by atoms with Gasteiger partial charge < -0.3 is 23.7 Å². The molecule has 0 amide bonds. The number of ether oxygens (including phenoxy) is 5. The molecule has 2 saturated heterocycles. The van der Waals surface area contributed by atoms with Gasteiger partial charge in [-0.25, -0.2) is 4.79 Å². The first-order valence-electron chi connectivity index (χ1n) is 6.06.